The minimum atomic E-state index is -0.510. The van der Waals surface area contributed by atoms with E-state index >= 15 is 0 Å². The normalized spacial score (nSPS) is 11.9. The highest BCUT2D eigenvalue weighted by Gasteiger charge is 2.21. The summed E-state index contributed by atoms with van der Waals surface area (Å²) in [6, 6.07) is 4.65. The molecule has 0 spiro atoms. The van der Waals surface area contributed by atoms with Crippen molar-refractivity contribution >= 4 is 11.7 Å². The maximum atomic E-state index is 12.2. The van der Waals surface area contributed by atoms with Crippen molar-refractivity contribution in [3.63, 3.8) is 0 Å². The molecule has 0 saturated carbocycles. The van der Waals surface area contributed by atoms with Crippen LogP contribution in [0.5, 0.6) is 0 Å². The van der Waals surface area contributed by atoms with Crippen LogP contribution < -0.4 is 11.1 Å². The minimum Gasteiger partial charge on any atom is -0.346 e. The highest BCUT2D eigenvalue weighted by molar-refractivity contribution is 6.00. The molecule has 5 heteroatoms. The van der Waals surface area contributed by atoms with E-state index in [-0.39, 0.29) is 11.7 Å². The first-order valence-corrected chi connectivity index (χ1v) is 6.07. The third kappa shape index (κ3) is 4.63. The van der Waals surface area contributed by atoms with Gasteiger partial charge in [0.25, 0.3) is 0 Å². The van der Waals surface area contributed by atoms with E-state index in [1.807, 2.05) is 0 Å². The van der Waals surface area contributed by atoms with Crippen molar-refractivity contribution < 1.29 is 9.59 Å². The lowest BCUT2D eigenvalue weighted by Gasteiger charge is -2.16. The highest BCUT2D eigenvalue weighted by Crippen LogP contribution is 2.07. The molecule has 0 unspecified atom stereocenters. The Morgan fingerprint density at radius 2 is 2.17 bits per heavy atom. The first kappa shape index (κ1) is 14.3. The second-order valence-corrected chi connectivity index (χ2v) is 4.12. The first-order chi connectivity index (χ1) is 8.65. The monoisotopic (exact) mass is 249 g/mol. The van der Waals surface area contributed by atoms with Gasteiger partial charge in [-0.1, -0.05) is 6.07 Å². The van der Waals surface area contributed by atoms with Crippen LogP contribution in [0.4, 0.5) is 0 Å². The standard InChI is InChI=1S/C13H19N3O2/c1-10(17)16-12(7-2-4-8-14)13(18)11-6-3-5-9-15-11/h3,5-6,9,12H,2,4,7-8,14H2,1H3,(H,16,17)/t12-/m0/s1. The molecule has 98 valence electrons. The van der Waals surface area contributed by atoms with Crippen LogP contribution in [-0.2, 0) is 4.79 Å². The topological polar surface area (TPSA) is 85.1 Å². The van der Waals surface area contributed by atoms with Gasteiger partial charge in [0.2, 0.25) is 11.7 Å². The number of pyridine rings is 1. The molecular weight excluding hydrogens is 230 g/mol. The van der Waals surface area contributed by atoms with E-state index in [2.05, 4.69) is 10.3 Å². The summed E-state index contributed by atoms with van der Waals surface area (Å²) in [5.41, 5.74) is 5.80. The van der Waals surface area contributed by atoms with Crippen LogP contribution in [0, 0.1) is 0 Å². The molecule has 0 aliphatic heterocycles. The zero-order chi connectivity index (χ0) is 13.4. The molecule has 0 aliphatic rings. The molecule has 0 bridgehead atoms. The van der Waals surface area contributed by atoms with Crippen molar-refractivity contribution in [3.8, 4) is 0 Å². The van der Waals surface area contributed by atoms with Gasteiger partial charge in [-0.05, 0) is 37.9 Å². The molecule has 1 aromatic rings. The number of hydrogen-bond acceptors (Lipinski definition) is 4. The SMILES string of the molecule is CC(=O)N[C@@H](CCCCN)C(=O)c1ccccn1. The van der Waals surface area contributed by atoms with Gasteiger partial charge in [-0.25, -0.2) is 0 Å². The zero-order valence-corrected chi connectivity index (χ0v) is 10.6. The van der Waals surface area contributed by atoms with Crippen LogP contribution in [0.25, 0.3) is 0 Å². The molecule has 0 saturated heterocycles. The summed E-state index contributed by atoms with van der Waals surface area (Å²) in [4.78, 5) is 27.3. The van der Waals surface area contributed by atoms with Crippen LogP contribution in [0.15, 0.2) is 24.4 Å². The third-order valence-corrected chi connectivity index (χ3v) is 2.56. The van der Waals surface area contributed by atoms with Gasteiger partial charge in [0.05, 0.1) is 6.04 Å². The van der Waals surface area contributed by atoms with Gasteiger partial charge < -0.3 is 11.1 Å². The summed E-state index contributed by atoms with van der Waals surface area (Å²) in [6.45, 7) is 1.99. The van der Waals surface area contributed by atoms with Gasteiger partial charge in [-0.15, -0.1) is 0 Å². The Morgan fingerprint density at radius 1 is 1.39 bits per heavy atom. The lowest BCUT2D eigenvalue weighted by Crippen LogP contribution is -2.40. The van der Waals surface area contributed by atoms with Crippen molar-refractivity contribution in [2.45, 2.75) is 32.2 Å². The van der Waals surface area contributed by atoms with Crippen LogP contribution in [0.1, 0.15) is 36.7 Å². The molecular formula is C13H19N3O2. The summed E-state index contributed by atoms with van der Waals surface area (Å²) in [7, 11) is 0. The Balaban J connectivity index is 2.69. The Labute approximate surface area is 107 Å². The lowest BCUT2D eigenvalue weighted by atomic mass is 10.0. The fraction of sp³-hybridized carbons (Fsp3) is 0.462. The number of amides is 1. The second kappa shape index (κ2) is 7.55. The summed E-state index contributed by atoms with van der Waals surface area (Å²) in [5, 5.41) is 2.67. The number of Topliss-reactive ketones (excluding diaryl/α,β-unsaturated/α-hetero) is 1. The molecule has 0 aliphatic carbocycles. The van der Waals surface area contributed by atoms with E-state index < -0.39 is 6.04 Å². The number of rotatable bonds is 7. The summed E-state index contributed by atoms with van der Waals surface area (Å²) in [5.74, 6) is -0.361. The van der Waals surface area contributed by atoms with Crippen LogP contribution in [-0.4, -0.2) is 29.3 Å². The van der Waals surface area contributed by atoms with E-state index in [4.69, 9.17) is 5.73 Å². The predicted octanol–water partition coefficient (Wildman–Crippen LogP) is 0.898. The van der Waals surface area contributed by atoms with Crippen LogP contribution in [0.2, 0.25) is 0 Å². The van der Waals surface area contributed by atoms with Crippen LogP contribution in [0.3, 0.4) is 0 Å². The van der Waals surface area contributed by atoms with Crippen molar-refractivity contribution in [2.24, 2.45) is 5.73 Å². The smallest absolute Gasteiger partial charge is 0.217 e. The van der Waals surface area contributed by atoms with Gasteiger partial charge in [0.1, 0.15) is 5.69 Å². The van der Waals surface area contributed by atoms with Crippen molar-refractivity contribution in [3.05, 3.63) is 30.1 Å². The first-order valence-electron chi connectivity index (χ1n) is 6.07. The Hall–Kier alpha value is -1.75. The summed E-state index contributed by atoms with van der Waals surface area (Å²) >= 11 is 0. The third-order valence-electron chi connectivity index (χ3n) is 2.56. The fourth-order valence-corrected chi connectivity index (χ4v) is 1.69. The molecule has 0 aromatic carbocycles. The van der Waals surface area contributed by atoms with E-state index in [9.17, 15) is 9.59 Å². The summed E-state index contributed by atoms with van der Waals surface area (Å²) in [6.07, 6.45) is 3.80. The number of unbranched alkanes of at least 4 members (excludes halogenated alkanes) is 1. The number of hydrogen-bond donors (Lipinski definition) is 2. The number of nitrogens with two attached hydrogens (primary N) is 1. The average Bonchev–Trinajstić information content (AvgIpc) is 2.37. The Kier molecular flexibility index (Phi) is 6.00. The minimum absolute atomic E-state index is 0.150. The van der Waals surface area contributed by atoms with Crippen molar-refractivity contribution in [1.82, 2.24) is 10.3 Å². The van der Waals surface area contributed by atoms with Gasteiger partial charge in [-0.3, -0.25) is 14.6 Å². The second-order valence-electron chi connectivity index (χ2n) is 4.12. The van der Waals surface area contributed by atoms with Gasteiger partial charge >= 0.3 is 0 Å². The maximum absolute atomic E-state index is 12.2. The molecule has 1 rings (SSSR count). The largest absolute Gasteiger partial charge is 0.346 e. The number of ketones is 1. The van der Waals surface area contributed by atoms with Crippen molar-refractivity contribution in [1.29, 1.82) is 0 Å². The van der Waals surface area contributed by atoms with E-state index in [0.717, 1.165) is 12.8 Å². The molecule has 1 atom stereocenters. The zero-order valence-electron chi connectivity index (χ0n) is 10.6. The van der Waals surface area contributed by atoms with Gasteiger partial charge in [0.15, 0.2) is 0 Å². The molecule has 1 heterocycles. The number of nitrogens with one attached hydrogen (secondary N) is 1. The van der Waals surface area contributed by atoms with Crippen LogP contribution >= 0.6 is 0 Å². The maximum Gasteiger partial charge on any atom is 0.217 e. The molecule has 0 radical (unpaired) electrons. The number of aromatic nitrogens is 1. The molecule has 1 amide bonds. The quantitative estimate of drug-likeness (QED) is 0.555. The van der Waals surface area contributed by atoms with E-state index in [1.54, 1.807) is 24.4 Å². The highest BCUT2D eigenvalue weighted by atomic mass is 16.2. The number of carbonyl (C=O) groups excluding carboxylic acids is 2. The van der Waals surface area contributed by atoms with Gasteiger partial charge in [-0.2, -0.15) is 0 Å². The summed E-state index contributed by atoms with van der Waals surface area (Å²) < 4.78 is 0. The van der Waals surface area contributed by atoms with Crippen molar-refractivity contribution in [2.75, 3.05) is 6.54 Å². The molecule has 5 nitrogen and oxygen atoms in total. The molecule has 1 aromatic heterocycles. The van der Waals surface area contributed by atoms with E-state index in [0.29, 0.717) is 18.7 Å². The lowest BCUT2D eigenvalue weighted by molar-refractivity contribution is -0.119. The molecule has 3 N–H and O–H groups in total. The molecule has 18 heavy (non-hydrogen) atoms. The number of carbonyl (C=O) groups is 2. The number of nitrogens with zero attached hydrogens (tertiary/aromatic N) is 1. The fourth-order valence-electron chi connectivity index (χ4n) is 1.69. The Morgan fingerprint density at radius 3 is 2.72 bits per heavy atom. The predicted molar refractivity (Wildman–Crippen MR) is 69.1 cm³/mol. The average molecular weight is 249 g/mol. The molecule has 0 fully saturated rings. The Bertz CT molecular complexity index is 392. The van der Waals surface area contributed by atoms with E-state index in [1.165, 1.54) is 6.92 Å². The van der Waals surface area contributed by atoms with Gasteiger partial charge in [0, 0.05) is 13.1 Å².